The third kappa shape index (κ3) is 4.09. The molecule has 132 valence electrons. The van der Waals surface area contributed by atoms with Crippen LogP contribution in [0.25, 0.3) is 17.0 Å². The van der Waals surface area contributed by atoms with E-state index in [9.17, 15) is 4.39 Å². The van der Waals surface area contributed by atoms with Gasteiger partial charge in [0.1, 0.15) is 23.0 Å². The summed E-state index contributed by atoms with van der Waals surface area (Å²) < 4.78 is 19.3. The highest BCUT2D eigenvalue weighted by Gasteiger charge is 2.15. The highest BCUT2D eigenvalue weighted by molar-refractivity contribution is 5.60. The number of halogens is 1. The van der Waals surface area contributed by atoms with E-state index in [1.54, 1.807) is 43.4 Å². The minimum Gasteiger partial charge on any atom is -0.388 e. The Morgan fingerprint density at radius 3 is 2.92 bits per heavy atom. The summed E-state index contributed by atoms with van der Waals surface area (Å²) in [5.74, 6) is 0.433. The second-order valence-corrected chi connectivity index (χ2v) is 5.75. The first-order chi connectivity index (χ1) is 12.2. The number of aromatic nitrogens is 4. The molecule has 0 spiro atoms. The van der Waals surface area contributed by atoms with Gasteiger partial charge in [-0.05, 0) is 19.0 Å². The Morgan fingerprint density at radius 2 is 2.16 bits per heavy atom. The monoisotopic (exact) mass is 344 g/mol. The molecule has 1 atom stereocenters. The summed E-state index contributed by atoms with van der Waals surface area (Å²) in [5, 5.41) is 6.68. The second kappa shape index (κ2) is 8.00. The van der Waals surface area contributed by atoms with Crippen LogP contribution in [-0.2, 0) is 4.74 Å². The molecule has 25 heavy (non-hydrogen) atoms. The van der Waals surface area contributed by atoms with E-state index in [1.165, 1.54) is 12.1 Å². The molecule has 7 nitrogen and oxygen atoms in total. The van der Waals surface area contributed by atoms with Crippen LogP contribution in [0.3, 0.4) is 0 Å². The van der Waals surface area contributed by atoms with E-state index < -0.39 is 0 Å². The van der Waals surface area contributed by atoms with Gasteiger partial charge in [0.15, 0.2) is 0 Å². The first-order valence-electron chi connectivity index (χ1n) is 8.03. The predicted octanol–water partition coefficient (Wildman–Crippen LogP) is 1.97. The van der Waals surface area contributed by atoms with Crippen LogP contribution in [0.5, 0.6) is 0 Å². The Kier molecular flexibility index (Phi) is 5.52. The van der Waals surface area contributed by atoms with Gasteiger partial charge in [0.25, 0.3) is 0 Å². The Hall–Kier alpha value is -2.58. The first-order valence-corrected chi connectivity index (χ1v) is 8.03. The normalized spacial score (nSPS) is 16.5. The maximum atomic E-state index is 13.2. The number of nitrogens with one attached hydrogen (secondary N) is 2. The SMILES string of the molecule is COC.Fc1ccn2c(-c3cncc(NC4CCNC4)n3)cnc2c1. The van der Waals surface area contributed by atoms with Crippen LogP contribution in [0.1, 0.15) is 6.42 Å². The van der Waals surface area contributed by atoms with Crippen molar-refractivity contribution in [3.63, 3.8) is 0 Å². The Balaban J connectivity index is 0.000000569. The van der Waals surface area contributed by atoms with Crippen LogP contribution in [-0.4, -0.2) is 52.7 Å². The molecule has 1 saturated heterocycles. The smallest absolute Gasteiger partial charge is 0.145 e. The summed E-state index contributed by atoms with van der Waals surface area (Å²) in [4.78, 5) is 13.1. The lowest BCUT2D eigenvalue weighted by Crippen LogP contribution is -2.22. The van der Waals surface area contributed by atoms with Crippen molar-refractivity contribution in [3.8, 4) is 11.4 Å². The third-order valence-electron chi connectivity index (χ3n) is 3.78. The molecular weight excluding hydrogens is 323 g/mol. The summed E-state index contributed by atoms with van der Waals surface area (Å²) >= 11 is 0. The number of pyridine rings is 1. The van der Waals surface area contributed by atoms with Crippen molar-refractivity contribution in [3.05, 3.63) is 42.7 Å². The van der Waals surface area contributed by atoms with Crippen molar-refractivity contribution in [2.24, 2.45) is 0 Å². The second-order valence-electron chi connectivity index (χ2n) is 5.75. The lowest BCUT2D eigenvalue weighted by molar-refractivity contribution is 0.277. The lowest BCUT2D eigenvalue weighted by atomic mass is 10.2. The maximum absolute atomic E-state index is 13.2. The van der Waals surface area contributed by atoms with Gasteiger partial charge in [-0.2, -0.15) is 0 Å². The summed E-state index contributed by atoms with van der Waals surface area (Å²) in [6.07, 6.45) is 7.80. The molecule has 2 N–H and O–H groups in total. The highest BCUT2D eigenvalue weighted by atomic mass is 19.1. The van der Waals surface area contributed by atoms with Gasteiger partial charge in [-0.3, -0.25) is 9.38 Å². The van der Waals surface area contributed by atoms with E-state index in [4.69, 9.17) is 0 Å². The Bertz CT molecular complexity index is 831. The van der Waals surface area contributed by atoms with Crippen molar-refractivity contribution >= 4 is 11.5 Å². The molecule has 0 radical (unpaired) electrons. The van der Waals surface area contributed by atoms with Gasteiger partial charge in [0.05, 0.1) is 24.3 Å². The van der Waals surface area contributed by atoms with Crippen LogP contribution in [0.15, 0.2) is 36.9 Å². The van der Waals surface area contributed by atoms with E-state index in [0.717, 1.165) is 31.0 Å². The van der Waals surface area contributed by atoms with Gasteiger partial charge in [0.2, 0.25) is 0 Å². The molecule has 4 heterocycles. The number of anilines is 1. The van der Waals surface area contributed by atoms with Crippen molar-refractivity contribution in [2.75, 3.05) is 32.6 Å². The zero-order valence-corrected chi connectivity index (χ0v) is 14.2. The van der Waals surface area contributed by atoms with E-state index in [1.807, 2.05) is 0 Å². The van der Waals surface area contributed by atoms with Gasteiger partial charge in [-0.15, -0.1) is 0 Å². The number of rotatable bonds is 3. The molecule has 0 amide bonds. The van der Waals surface area contributed by atoms with E-state index >= 15 is 0 Å². The topological polar surface area (TPSA) is 76.4 Å². The number of ether oxygens (including phenoxy) is 1. The van der Waals surface area contributed by atoms with Crippen LogP contribution < -0.4 is 10.6 Å². The quantitative estimate of drug-likeness (QED) is 0.756. The van der Waals surface area contributed by atoms with E-state index in [0.29, 0.717) is 17.4 Å². The molecule has 1 unspecified atom stereocenters. The van der Waals surface area contributed by atoms with Crippen LogP contribution in [0.4, 0.5) is 10.2 Å². The summed E-state index contributed by atoms with van der Waals surface area (Å²) in [6, 6.07) is 3.17. The average Bonchev–Trinajstić information content (AvgIpc) is 3.25. The summed E-state index contributed by atoms with van der Waals surface area (Å²) in [7, 11) is 3.25. The third-order valence-corrected chi connectivity index (χ3v) is 3.78. The van der Waals surface area contributed by atoms with Crippen LogP contribution in [0, 0.1) is 5.82 Å². The fourth-order valence-electron chi connectivity index (χ4n) is 2.69. The molecule has 0 aromatic carbocycles. The zero-order chi connectivity index (χ0) is 17.6. The molecule has 0 aliphatic carbocycles. The molecule has 8 heteroatoms. The summed E-state index contributed by atoms with van der Waals surface area (Å²) in [6.45, 7) is 1.95. The van der Waals surface area contributed by atoms with Crippen molar-refractivity contribution in [2.45, 2.75) is 12.5 Å². The number of nitrogens with zero attached hydrogens (tertiary/aromatic N) is 4. The molecule has 1 aliphatic heterocycles. The number of hydrogen-bond acceptors (Lipinski definition) is 6. The van der Waals surface area contributed by atoms with Crippen LogP contribution >= 0.6 is 0 Å². The number of methoxy groups -OCH3 is 1. The molecule has 0 bridgehead atoms. The average molecular weight is 344 g/mol. The van der Waals surface area contributed by atoms with E-state index in [2.05, 4.69) is 30.3 Å². The molecule has 4 rings (SSSR count). The zero-order valence-electron chi connectivity index (χ0n) is 14.2. The number of fused-ring (bicyclic) bond motifs is 1. The fraction of sp³-hybridized carbons (Fsp3) is 0.353. The van der Waals surface area contributed by atoms with Gasteiger partial charge in [-0.25, -0.2) is 14.4 Å². The van der Waals surface area contributed by atoms with Gasteiger partial charge >= 0.3 is 0 Å². The lowest BCUT2D eigenvalue weighted by Gasteiger charge is -2.12. The van der Waals surface area contributed by atoms with Gasteiger partial charge in [-0.1, -0.05) is 0 Å². The summed E-state index contributed by atoms with van der Waals surface area (Å²) in [5.41, 5.74) is 2.04. The van der Waals surface area contributed by atoms with E-state index in [-0.39, 0.29) is 5.82 Å². The van der Waals surface area contributed by atoms with Crippen molar-refractivity contribution in [1.29, 1.82) is 0 Å². The minimum absolute atomic E-state index is 0.306. The molecule has 1 fully saturated rings. The van der Waals surface area contributed by atoms with Crippen molar-refractivity contribution in [1.82, 2.24) is 24.7 Å². The fourth-order valence-corrected chi connectivity index (χ4v) is 2.69. The highest BCUT2D eigenvalue weighted by Crippen LogP contribution is 2.20. The van der Waals surface area contributed by atoms with Gasteiger partial charge in [0, 0.05) is 39.1 Å². The first kappa shape index (κ1) is 17.2. The molecule has 0 saturated carbocycles. The maximum Gasteiger partial charge on any atom is 0.145 e. The minimum atomic E-state index is -0.306. The predicted molar refractivity (Wildman–Crippen MR) is 94.0 cm³/mol. The molecule has 1 aliphatic rings. The standard InChI is InChI=1S/C15H15FN6.C2H6O/c16-10-2-4-22-13(8-19-15(22)5-10)12-7-18-9-14(21-12)20-11-1-3-17-6-11;1-3-2/h2,4-5,7-9,11,17H,1,3,6H2,(H,20,21);1-2H3. The van der Waals surface area contributed by atoms with Crippen molar-refractivity contribution < 1.29 is 9.13 Å². The molecule has 3 aromatic rings. The van der Waals surface area contributed by atoms with Crippen LogP contribution in [0.2, 0.25) is 0 Å². The molecule has 3 aromatic heterocycles. The Morgan fingerprint density at radius 1 is 1.32 bits per heavy atom. The van der Waals surface area contributed by atoms with Gasteiger partial charge < -0.3 is 15.4 Å². The number of hydrogen-bond donors (Lipinski definition) is 2. The Labute approximate surface area is 145 Å². The number of imidazole rings is 1. The molecular formula is C17H21FN6O. The largest absolute Gasteiger partial charge is 0.388 e.